The Labute approximate surface area is 108 Å². The molecule has 4 nitrogen and oxygen atoms in total. The molecule has 1 aromatic rings. The average Bonchev–Trinajstić information content (AvgIpc) is 2.81. The summed E-state index contributed by atoms with van der Waals surface area (Å²) in [4.78, 5) is 2.24. The van der Waals surface area contributed by atoms with E-state index in [1.54, 1.807) is 0 Å². The summed E-state index contributed by atoms with van der Waals surface area (Å²) < 4.78 is 0. The minimum absolute atomic E-state index is 0.149. The van der Waals surface area contributed by atoms with Crippen LogP contribution in [0, 0.1) is 11.3 Å². The monoisotopic (exact) mass is 245 g/mol. The standard InChI is InChI=1S/C14H19N3O/c15-7-8-16-14(12-4-2-1-3-5-12)11-17-9-6-13(18)10-17/h1-5,13-14,16,18H,6,8-11H2/t13-,14?/m0/s1. The second-order valence-electron chi connectivity index (χ2n) is 4.70. The average molecular weight is 245 g/mol. The third-order valence-corrected chi connectivity index (χ3v) is 3.32. The van der Waals surface area contributed by atoms with Crippen LogP contribution in [0.4, 0.5) is 0 Å². The Bertz CT molecular complexity index is 401. The molecule has 2 N–H and O–H groups in total. The second kappa shape index (κ2) is 6.50. The van der Waals surface area contributed by atoms with Gasteiger partial charge in [-0.2, -0.15) is 5.26 Å². The molecule has 0 radical (unpaired) electrons. The summed E-state index contributed by atoms with van der Waals surface area (Å²) in [5.41, 5.74) is 1.19. The van der Waals surface area contributed by atoms with Crippen molar-refractivity contribution < 1.29 is 5.11 Å². The minimum Gasteiger partial charge on any atom is -0.392 e. The van der Waals surface area contributed by atoms with E-state index in [0.717, 1.165) is 26.1 Å². The van der Waals surface area contributed by atoms with Crippen molar-refractivity contribution in [1.29, 1.82) is 5.26 Å². The van der Waals surface area contributed by atoms with E-state index in [4.69, 9.17) is 5.26 Å². The van der Waals surface area contributed by atoms with Crippen LogP contribution in [-0.4, -0.2) is 42.3 Å². The molecule has 0 aliphatic carbocycles. The third kappa shape index (κ3) is 3.54. The van der Waals surface area contributed by atoms with Crippen LogP contribution in [0.1, 0.15) is 18.0 Å². The molecule has 4 heteroatoms. The van der Waals surface area contributed by atoms with Crippen LogP contribution in [-0.2, 0) is 0 Å². The lowest BCUT2D eigenvalue weighted by atomic mass is 10.1. The Morgan fingerprint density at radius 2 is 2.22 bits per heavy atom. The number of likely N-dealkylation sites (tertiary alicyclic amines) is 1. The molecule has 1 aliphatic rings. The van der Waals surface area contributed by atoms with Gasteiger partial charge in [-0.25, -0.2) is 0 Å². The van der Waals surface area contributed by atoms with Gasteiger partial charge in [-0.1, -0.05) is 30.3 Å². The molecule has 0 spiro atoms. The Kier molecular flexibility index (Phi) is 4.71. The summed E-state index contributed by atoms with van der Waals surface area (Å²) >= 11 is 0. The largest absolute Gasteiger partial charge is 0.392 e. The fourth-order valence-corrected chi connectivity index (χ4v) is 2.38. The maximum atomic E-state index is 9.54. The molecule has 1 aromatic carbocycles. The topological polar surface area (TPSA) is 59.3 Å². The van der Waals surface area contributed by atoms with Crippen LogP contribution < -0.4 is 5.32 Å². The lowest BCUT2D eigenvalue weighted by Crippen LogP contribution is -2.34. The van der Waals surface area contributed by atoms with E-state index in [2.05, 4.69) is 28.4 Å². The zero-order valence-corrected chi connectivity index (χ0v) is 10.4. The maximum Gasteiger partial charge on any atom is 0.0846 e. The van der Waals surface area contributed by atoms with E-state index in [-0.39, 0.29) is 12.1 Å². The molecule has 1 unspecified atom stereocenters. The van der Waals surface area contributed by atoms with Gasteiger partial charge < -0.3 is 5.11 Å². The first-order valence-electron chi connectivity index (χ1n) is 6.35. The quantitative estimate of drug-likeness (QED) is 0.757. The number of β-amino-alcohol motifs (C(OH)–C–C–N with tert-alkyl or cyclic N) is 1. The molecule has 18 heavy (non-hydrogen) atoms. The number of hydrogen-bond donors (Lipinski definition) is 2. The number of hydrogen-bond acceptors (Lipinski definition) is 4. The van der Waals surface area contributed by atoms with E-state index in [0.29, 0.717) is 6.54 Å². The van der Waals surface area contributed by atoms with E-state index in [9.17, 15) is 5.11 Å². The number of rotatable bonds is 5. The zero-order chi connectivity index (χ0) is 12.8. The van der Waals surface area contributed by atoms with Crippen molar-refractivity contribution in [3.63, 3.8) is 0 Å². The van der Waals surface area contributed by atoms with Crippen LogP contribution in [0.25, 0.3) is 0 Å². The van der Waals surface area contributed by atoms with Gasteiger partial charge in [-0.05, 0) is 12.0 Å². The molecule has 1 fully saturated rings. The van der Waals surface area contributed by atoms with Gasteiger partial charge in [0.25, 0.3) is 0 Å². The fraction of sp³-hybridized carbons (Fsp3) is 0.500. The molecule has 1 heterocycles. The highest BCUT2D eigenvalue weighted by Gasteiger charge is 2.23. The van der Waals surface area contributed by atoms with Crippen molar-refractivity contribution in [1.82, 2.24) is 10.2 Å². The van der Waals surface area contributed by atoms with Gasteiger partial charge in [-0.3, -0.25) is 10.2 Å². The van der Waals surface area contributed by atoms with Crippen LogP contribution >= 0.6 is 0 Å². The smallest absolute Gasteiger partial charge is 0.0846 e. The predicted octanol–water partition coefficient (Wildman–Crippen LogP) is 0.907. The highest BCUT2D eigenvalue weighted by molar-refractivity contribution is 5.19. The van der Waals surface area contributed by atoms with Gasteiger partial charge in [0.05, 0.1) is 18.7 Å². The second-order valence-corrected chi connectivity index (χ2v) is 4.70. The SMILES string of the molecule is N#CCNC(CN1CC[C@H](O)C1)c1ccccc1. The van der Waals surface area contributed by atoms with Gasteiger partial charge in [0.2, 0.25) is 0 Å². The lowest BCUT2D eigenvalue weighted by Gasteiger charge is -2.24. The number of nitriles is 1. The summed E-state index contributed by atoms with van der Waals surface area (Å²) in [6.45, 7) is 2.84. The molecule has 2 atom stereocenters. The number of aliphatic hydroxyl groups is 1. The molecule has 1 saturated heterocycles. The first kappa shape index (κ1) is 13.0. The Morgan fingerprint density at radius 3 is 2.83 bits per heavy atom. The van der Waals surface area contributed by atoms with Crippen molar-refractivity contribution in [3.8, 4) is 6.07 Å². The molecule has 1 aliphatic heterocycles. The first-order valence-corrected chi connectivity index (χ1v) is 6.35. The summed E-state index contributed by atoms with van der Waals surface area (Å²) in [7, 11) is 0. The van der Waals surface area contributed by atoms with Crippen molar-refractivity contribution in [2.75, 3.05) is 26.2 Å². The predicted molar refractivity (Wildman–Crippen MR) is 69.9 cm³/mol. The third-order valence-electron chi connectivity index (χ3n) is 3.32. The Hall–Kier alpha value is -1.41. The van der Waals surface area contributed by atoms with Gasteiger partial charge in [0, 0.05) is 25.7 Å². The van der Waals surface area contributed by atoms with E-state index in [1.165, 1.54) is 5.56 Å². The van der Waals surface area contributed by atoms with Crippen molar-refractivity contribution in [3.05, 3.63) is 35.9 Å². The number of nitrogens with one attached hydrogen (secondary N) is 1. The molecule has 0 amide bonds. The van der Waals surface area contributed by atoms with E-state index in [1.807, 2.05) is 18.2 Å². The normalized spacial score (nSPS) is 21.7. The highest BCUT2D eigenvalue weighted by atomic mass is 16.3. The van der Waals surface area contributed by atoms with Crippen molar-refractivity contribution >= 4 is 0 Å². The first-order chi connectivity index (χ1) is 8.79. The molecular formula is C14H19N3O. The highest BCUT2D eigenvalue weighted by Crippen LogP contribution is 2.17. The lowest BCUT2D eigenvalue weighted by molar-refractivity contribution is 0.172. The molecule has 0 bridgehead atoms. The molecule has 96 valence electrons. The fourth-order valence-electron chi connectivity index (χ4n) is 2.38. The van der Waals surface area contributed by atoms with Crippen LogP contribution in [0.3, 0.4) is 0 Å². The summed E-state index contributed by atoms with van der Waals surface area (Å²) in [6, 6.07) is 12.4. The van der Waals surface area contributed by atoms with Crippen LogP contribution in [0.5, 0.6) is 0 Å². The Morgan fingerprint density at radius 1 is 1.44 bits per heavy atom. The number of benzene rings is 1. The van der Waals surface area contributed by atoms with E-state index < -0.39 is 0 Å². The summed E-state index contributed by atoms with van der Waals surface area (Å²) in [5, 5.41) is 21.5. The van der Waals surface area contributed by atoms with Gasteiger partial charge >= 0.3 is 0 Å². The van der Waals surface area contributed by atoms with Gasteiger partial charge in [0.1, 0.15) is 0 Å². The number of aliphatic hydroxyl groups excluding tert-OH is 1. The van der Waals surface area contributed by atoms with Gasteiger partial charge in [-0.15, -0.1) is 0 Å². The zero-order valence-electron chi connectivity index (χ0n) is 10.4. The minimum atomic E-state index is -0.197. The number of nitrogens with zero attached hydrogens (tertiary/aromatic N) is 2. The maximum absolute atomic E-state index is 9.54. The van der Waals surface area contributed by atoms with Crippen LogP contribution in [0.15, 0.2) is 30.3 Å². The molecule has 0 saturated carbocycles. The van der Waals surface area contributed by atoms with E-state index >= 15 is 0 Å². The van der Waals surface area contributed by atoms with Gasteiger partial charge in [0.15, 0.2) is 0 Å². The van der Waals surface area contributed by atoms with Crippen molar-refractivity contribution in [2.24, 2.45) is 0 Å². The summed E-state index contributed by atoms with van der Waals surface area (Å²) in [5.74, 6) is 0. The Balaban J connectivity index is 1.99. The molecule has 2 rings (SSSR count). The summed E-state index contributed by atoms with van der Waals surface area (Å²) in [6.07, 6.45) is 0.650. The molecular weight excluding hydrogens is 226 g/mol. The molecule has 0 aromatic heterocycles. The van der Waals surface area contributed by atoms with Crippen LogP contribution in [0.2, 0.25) is 0 Å². The van der Waals surface area contributed by atoms with Crippen molar-refractivity contribution in [2.45, 2.75) is 18.6 Å².